The molecule has 4 nitrogen and oxygen atoms in total. The largest absolute Gasteiger partial charge is 0.489 e. The molecule has 0 fully saturated rings. The van der Waals surface area contributed by atoms with E-state index in [0.29, 0.717) is 6.61 Å². The van der Waals surface area contributed by atoms with E-state index in [4.69, 9.17) is 10.00 Å². The van der Waals surface area contributed by atoms with E-state index in [0.717, 1.165) is 0 Å². The van der Waals surface area contributed by atoms with Crippen LogP contribution < -0.4 is 10.1 Å². The minimum atomic E-state index is -0.545. The van der Waals surface area contributed by atoms with E-state index in [-0.39, 0.29) is 17.9 Å². The molecule has 1 aromatic rings. The molecule has 0 aliphatic carbocycles. The number of hydrogen-bond donors (Lipinski definition) is 1. The Morgan fingerprint density at radius 2 is 2.38 bits per heavy atom. The quantitative estimate of drug-likeness (QED) is 0.848. The topological polar surface area (TPSA) is 62.1 Å². The highest BCUT2D eigenvalue weighted by atomic mass is 19.1. The van der Waals surface area contributed by atoms with Gasteiger partial charge in [0.1, 0.15) is 6.42 Å². The van der Waals surface area contributed by atoms with Crippen LogP contribution in [0.1, 0.15) is 13.3 Å². The molecule has 0 radical (unpaired) electrons. The minimum Gasteiger partial charge on any atom is -0.489 e. The highest BCUT2D eigenvalue weighted by molar-refractivity contribution is 5.93. The summed E-state index contributed by atoms with van der Waals surface area (Å²) in [5.74, 6) is -1.04. The Bertz CT molecular complexity index is 426. The molecule has 0 unspecified atom stereocenters. The maximum Gasteiger partial charge on any atom is 0.238 e. The maximum absolute atomic E-state index is 13.3. The lowest BCUT2D eigenvalue weighted by Gasteiger charge is -2.11. The second-order valence-corrected chi connectivity index (χ2v) is 2.93. The summed E-state index contributed by atoms with van der Waals surface area (Å²) in [6.07, 6.45) is -0.276. The maximum atomic E-state index is 13.3. The predicted molar refractivity (Wildman–Crippen MR) is 56.4 cm³/mol. The van der Waals surface area contributed by atoms with Gasteiger partial charge >= 0.3 is 0 Å². The van der Waals surface area contributed by atoms with Gasteiger partial charge in [-0.3, -0.25) is 4.79 Å². The SMILES string of the molecule is CCOc1c(F)cccc1NC(=O)CC#N. The molecular formula is C11H11FN2O2. The fraction of sp³-hybridized carbons (Fsp3) is 0.273. The number of halogens is 1. The molecule has 0 saturated carbocycles. The van der Waals surface area contributed by atoms with E-state index < -0.39 is 11.7 Å². The number of nitrogens with one attached hydrogen (secondary N) is 1. The zero-order chi connectivity index (χ0) is 12.0. The van der Waals surface area contributed by atoms with Gasteiger partial charge < -0.3 is 10.1 Å². The Hall–Kier alpha value is -2.09. The zero-order valence-corrected chi connectivity index (χ0v) is 8.79. The summed E-state index contributed by atoms with van der Waals surface area (Å²) >= 11 is 0. The highest BCUT2D eigenvalue weighted by Crippen LogP contribution is 2.27. The van der Waals surface area contributed by atoms with Gasteiger partial charge in [0.05, 0.1) is 18.4 Å². The van der Waals surface area contributed by atoms with Gasteiger partial charge in [-0.05, 0) is 19.1 Å². The normalized spacial score (nSPS) is 9.31. The van der Waals surface area contributed by atoms with Gasteiger partial charge in [-0.2, -0.15) is 5.26 Å². The van der Waals surface area contributed by atoms with E-state index >= 15 is 0 Å². The number of carbonyl (C=O) groups excluding carboxylic acids is 1. The van der Waals surface area contributed by atoms with Crippen molar-refractivity contribution < 1.29 is 13.9 Å². The molecule has 0 saturated heterocycles. The van der Waals surface area contributed by atoms with Crippen LogP contribution in [0.4, 0.5) is 10.1 Å². The van der Waals surface area contributed by atoms with Crippen molar-refractivity contribution in [3.8, 4) is 11.8 Å². The molecule has 84 valence electrons. The molecule has 0 aliphatic rings. The van der Waals surface area contributed by atoms with E-state index in [1.54, 1.807) is 13.0 Å². The number of hydrogen-bond acceptors (Lipinski definition) is 3. The van der Waals surface area contributed by atoms with E-state index in [2.05, 4.69) is 5.32 Å². The number of ether oxygens (including phenoxy) is 1. The lowest BCUT2D eigenvalue weighted by Crippen LogP contribution is -2.12. The summed E-state index contributed by atoms with van der Waals surface area (Å²) in [5, 5.41) is 10.7. The second kappa shape index (κ2) is 5.71. The van der Waals surface area contributed by atoms with Crippen molar-refractivity contribution in [3.63, 3.8) is 0 Å². The highest BCUT2D eigenvalue weighted by Gasteiger charge is 2.11. The Morgan fingerprint density at radius 1 is 1.62 bits per heavy atom. The number of benzene rings is 1. The molecule has 0 atom stereocenters. The van der Waals surface area contributed by atoms with Gasteiger partial charge in [-0.25, -0.2) is 4.39 Å². The Balaban J connectivity index is 2.91. The molecule has 0 spiro atoms. The van der Waals surface area contributed by atoms with Crippen LogP contribution >= 0.6 is 0 Å². The molecule has 0 aromatic heterocycles. The molecular weight excluding hydrogens is 211 g/mol. The van der Waals surface area contributed by atoms with E-state index in [1.807, 2.05) is 0 Å². The standard InChI is InChI=1S/C11H11FN2O2/c1-2-16-11-8(12)4-3-5-9(11)14-10(15)6-7-13/h3-5H,2,6H2,1H3,(H,14,15). The van der Waals surface area contributed by atoms with Crippen molar-refractivity contribution in [3.05, 3.63) is 24.0 Å². The van der Waals surface area contributed by atoms with Crippen LogP contribution in [0.25, 0.3) is 0 Å². The van der Waals surface area contributed by atoms with Gasteiger partial charge in [0.15, 0.2) is 11.6 Å². The van der Waals surface area contributed by atoms with Crippen LogP contribution in [0, 0.1) is 17.1 Å². The van der Waals surface area contributed by atoms with Crippen LogP contribution in [0.5, 0.6) is 5.75 Å². The van der Waals surface area contributed by atoms with Crippen molar-refractivity contribution in [1.82, 2.24) is 0 Å². The first-order valence-corrected chi connectivity index (χ1v) is 4.77. The van der Waals surface area contributed by atoms with Crippen LogP contribution in [0.3, 0.4) is 0 Å². The van der Waals surface area contributed by atoms with Gasteiger partial charge in [0, 0.05) is 0 Å². The fourth-order valence-corrected chi connectivity index (χ4v) is 1.16. The monoisotopic (exact) mass is 222 g/mol. The summed E-state index contributed by atoms with van der Waals surface area (Å²) in [6.45, 7) is 2.01. The molecule has 0 heterocycles. The zero-order valence-electron chi connectivity index (χ0n) is 8.79. The van der Waals surface area contributed by atoms with Gasteiger partial charge in [0.2, 0.25) is 5.91 Å². The average molecular weight is 222 g/mol. The summed E-state index contributed by atoms with van der Waals surface area (Å²) in [4.78, 5) is 11.2. The number of rotatable bonds is 4. The Morgan fingerprint density at radius 3 is 3.00 bits per heavy atom. The molecule has 0 bridgehead atoms. The third-order valence-electron chi connectivity index (χ3n) is 1.77. The predicted octanol–water partition coefficient (Wildman–Crippen LogP) is 2.08. The molecule has 0 aliphatic heterocycles. The van der Waals surface area contributed by atoms with Gasteiger partial charge in [-0.1, -0.05) is 6.07 Å². The first kappa shape index (κ1) is 12.0. The molecule has 16 heavy (non-hydrogen) atoms. The van der Waals surface area contributed by atoms with Crippen LogP contribution in [0.2, 0.25) is 0 Å². The van der Waals surface area contributed by atoms with Crippen LogP contribution in [0.15, 0.2) is 18.2 Å². The van der Waals surface area contributed by atoms with Crippen LogP contribution in [-0.4, -0.2) is 12.5 Å². The Kier molecular flexibility index (Phi) is 4.28. The van der Waals surface area contributed by atoms with Crippen LogP contribution in [-0.2, 0) is 4.79 Å². The summed E-state index contributed by atoms with van der Waals surface area (Å²) in [7, 11) is 0. The number of carbonyl (C=O) groups is 1. The number of para-hydroxylation sites is 1. The third-order valence-corrected chi connectivity index (χ3v) is 1.77. The molecule has 1 aromatic carbocycles. The first-order chi connectivity index (χ1) is 7.69. The summed E-state index contributed by atoms with van der Waals surface area (Å²) in [5.41, 5.74) is 0.238. The summed E-state index contributed by atoms with van der Waals surface area (Å²) in [6, 6.07) is 5.92. The van der Waals surface area contributed by atoms with Crippen molar-refractivity contribution in [1.29, 1.82) is 5.26 Å². The minimum absolute atomic E-state index is 0.00344. The number of amides is 1. The molecule has 1 rings (SSSR count). The van der Waals surface area contributed by atoms with Crippen molar-refractivity contribution in [2.75, 3.05) is 11.9 Å². The lowest BCUT2D eigenvalue weighted by atomic mass is 10.2. The Labute approximate surface area is 92.6 Å². The van der Waals surface area contributed by atoms with Crippen molar-refractivity contribution >= 4 is 11.6 Å². The van der Waals surface area contributed by atoms with E-state index in [9.17, 15) is 9.18 Å². The van der Waals surface area contributed by atoms with Gasteiger partial charge in [0.25, 0.3) is 0 Å². The van der Waals surface area contributed by atoms with Gasteiger partial charge in [-0.15, -0.1) is 0 Å². The lowest BCUT2D eigenvalue weighted by molar-refractivity contribution is -0.115. The smallest absolute Gasteiger partial charge is 0.238 e. The van der Waals surface area contributed by atoms with E-state index in [1.165, 1.54) is 18.2 Å². The molecule has 1 N–H and O–H groups in total. The van der Waals surface area contributed by atoms with Crippen molar-refractivity contribution in [2.24, 2.45) is 0 Å². The number of nitriles is 1. The fourth-order valence-electron chi connectivity index (χ4n) is 1.16. The van der Waals surface area contributed by atoms with Crippen molar-refractivity contribution in [2.45, 2.75) is 13.3 Å². The number of anilines is 1. The third kappa shape index (κ3) is 2.95. The number of nitrogens with zero attached hydrogens (tertiary/aromatic N) is 1. The molecule has 1 amide bonds. The first-order valence-electron chi connectivity index (χ1n) is 4.77. The average Bonchev–Trinajstić information content (AvgIpc) is 2.23. The molecule has 5 heteroatoms. The second-order valence-electron chi connectivity index (χ2n) is 2.93. The summed E-state index contributed by atoms with van der Waals surface area (Å²) < 4.78 is 18.4.